The van der Waals surface area contributed by atoms with Gasteiger partial charge in [-0.2, -0.15) is 0 Å². The third-order valence-corrected chi connectivity index (χ3v) is 5.81. The summed E-state index contributed by atoms with van der Waals surface area (Å²) in [6, 6.07) is 9.11. The van der Waals surface area contributed by atoms with E-state index in [-0.39, 0.29) is 0 Å². The molecule has 1 fully saturated rings. The molecule has 2 aromatic rings. The number of hydrogen-bond acceptors (Lipinski definition) is 2. The topological polar surface area (TPSA) is 25.8 Å². The molecule has 0 aliphatic heterocycles. The van der Waals surface area contributed by atoms with Crippen LogP contribution in [-0.2, 0) is 19.3 Å². The first-order valence-corrected chi connectivity index (χ1v) is 9.93. The normalized spacial score (nSPS) is 20.6. The smallest absolute Gasteiger partial charge is 0.125 e. The Labute approximate surface area is 153 Å². The van der Waals surface area contributed by atoms with Gasteiger partial charge >= 0.3 is 0 Å². The highest BCUT2D eigenvalue weighted by Gasteiger charge is 2.24. The van der Waals surface area contributed by atoms with E-state index in [2.05, 4.69) is 50.0 Å². The third kappa shape index (κ3) is 4.68. The lowest BCUT2D eigenvalue weighted by molar-refractivity contribution is 0.262. The van der Waals surface area contributed by atoms with E-state index in [9.17, 15) is 0 Å². The molecule has 1 aliphatic rings. The molecule has 134 valence electrons. The Morgan fingerprint density at radius 1 is 0.880 bits per heavy atom. The Hall–Kier alpha value is -1.70. The Balaban J connectivity index is 1.66. The zero-order chi connectivity index (χ0) is 17.8. The molecule has 1 aromatic heterocycles. The highest BCUT2D eigenvalue weighted by atomic mass is 14.9. The first-order chi connectivity index (χ1) is 12.0. The summed E-state index contributed by atoms with van der Waals surface area (Å²) < 4.78 is 0. The number of aryl methyl sites for hydroxylation is 3. The van der Waals surface area contributed by atoms with Crippen molar-refractivity contribution in [3.63, 3.8) is 0 Å². The van der Waals surface area contributed by atoms with E-state index in [1.54, 1.807) is 0 Å². The van der Waals surface area contributed by atoms with Crippen LogP contribution in [0.25, 0.3) is 0 Å². The molecule has 0 spiro atoms. The highest BCUT2D eigenvalue weighted by Crippen LogP contribution is 2.33. The van der Waals surface area contributed by atoms with E-state index < -0.39 is 0 Å². The second-order valence-corrected chi connectivity index (χ2v) is 7.94. The lowest BCUT2D eigenvalue weighted by Crippen LogP contribution is -2.20. The molecule has 0 saturated heterocycles. The Morgan fingerprint density at radius 2 is 1.52 bits per heavy atom. The molecule has 1 aliphatic carbocycles. The molecule has 0 N–H and O–H groups in total. The van der Waals surface area contributed by atoms with Gasteiger partial charge in [0.1, 0.15) is 5.82 Å². The predicted molar refractivity (Wildman–Crippen MR) is 105 cm³/mol. The molecule has 2 nitrogen and oxygen atoms in total. The Bertz CT molecular complexity index is 703. The van der Waals surface area contributed by atoms with Crippen LogP contribution in [-0.4, -0.2) is 9.97 Å². The van der Waals surface area contributed by atoms with E-state index in [4.69, 9.17) is 4.98 Å². The largest absolute Gasteiger partial charge is 0.238 e. The van der Waals surface area contributed by atoms with Crippen molar-refractivity contribution < 1.29 is 0 Å². The maximum atomic E-state index is 4.78. The van der Waals surface area contributed by atoms with Crippen LogP contribution in [0.1, 0.15) is 66.5 Å². The third-order valence-electron chi connectivity index (χ3n) is 5.81. The van der Waals surface area contributed by atoms with Gasteiger partial charge in [-0.25, -0.2) is 9.97 Å². The number of benzene rings is 1. The van der Waals surface area contributed by atoms with Crippen molar-refractivity contribution >= 4 is 0 Å². The van der Waals surface area contributed by atoms with Gasteiger partial charge in [0.2, 0.25) is 0 Å². The standard InChI is InChI=1S/C23H32N2/c1-5-22-17(3)23(25-18(4)24-22)15-21-8-6-7-20(14-21)13-19-11-9-16(2)10-12-19/h9-12,20-21H,5-8,13-15H2,1-4H3. The molecule has 1 saturated carbocycles. The first kappa shape index (κ1) is 18.1. The second-order valence-electron chi connectivity index (χ2n) is 7.94. The Kier molecular flexibility index (Phi) is 5.88. The highest BCUT2D eigenvalue weighted by molar-refractivity contribution is 5.25. The van der Waals surface area contributed by atoms with Crippen LogP contribution >= 0.6 is 0 Å². The van der Waals surface area contributed by atoms with E-state index >= 15 is 0 Å². The van der Waals surface area contributed by atoms with Crippen molar-refractivity contribution in [1.29, 1.82) is 0 Å². The van der Waals surface area contributed by atoms with Gasteiger partial charge in [-0.15, -0.1) is 0 Å². The summed E-state index contributed by atoms with van der Waals surface area (Å²) in [7, 11) is 0. The van der Waals surface area contributed by atoms with Crippen LogP contribution in [0.2, 0.25) is 0 Å². The lowest BCUT2D eigenvalue weighted by Gasteiger charge is -2.29. The summed E-state index contributed by atoms with van der Waals surface area (Å²) in [5.74, 6) is 2.54. The van der Waals surface area contributed by atoms with Gasteiger partial charge in [-0.1, -0.05) is 56.0 Å². The number of nitrogens with zero attached hydrogens (tertiary/aromatic N) is 2. The minimum absolute atomic E-state index is 0.780. The van der Waals surface area contributed by atoms with Gasteiger partial charge in [0.25, 0.3) is 0 Å². The molecule has 2 atom stereocenters. The van der Waals surface area contributed by atoms with Crippen LogP contribution < -0.4 is 0 Å². The van der Waals surface area contributed by atoms with Crippen LogP contribution in [0.5, 0.6) is 0 Å². The van der Waals surface area contributed by atoms with E-state index in [1.165, 1.54) is 60.2 Å². The van der Waals surface area contributed by atoms with Crippen molar-refractivity contribution in [2.75, 3.05) is 0 Å². The van der Waals surface area contributed by atoms with Crippen LogP contribution in [0, 0.1) is 32.6 Å². The quantitative estimate of drug-likeness (QED) is 0.715. The van der Waals surface area contributed by atoms with Gasteiger partial charge in [-0.3, -0.25) is 0 Å². The van der Waals surface area contributed by atoms with Crippen molar-refractivity contribution in [2.45, 2.75) is 72.6 Å². The van der Waals surface area contributed by atoms with Crippen molar-refractivity contribution in [3.8, 4) is 0 Å². The summed E-state index contributed by atoms with van der Waals surface area (Å²) in [6.07, 6.45) is 8.82. The van der Waals surface area contributed by atoms with Crippen LogP contribution in [0.4, 0.5) is 0 Å². The van der Waals surface area contributed by atoms with Gasteiger partial charge in [0, 0.05) is 11.4 Å². The van der Waals surface area contributed by atoms with Crippen LogP contribution in [0.15, 0.2) is 24.3 Å². The number of rotatable bonds is 5. The van der Waals surface area contributed by atoms with E-state index in [1.807, 2.05) is 6.92 Å². The van der Waals surface area contributed by atoms with Crippen LogP contribution in [0.3, 0.4) is 0 Å². The molecule has 0 bridgehead atoms. The fraction of sp³-hybridized carbons (Fsp3) is 0.565. The number of aromatic nitrogens is 2. The monoisotopic (exact) mass is 336 g/mol. The summed E-state index contributed by atoms with van der Waals surface area (Å²) in [6.45, 7) is 8.59. The summed E-state index contributed by atoms with van der Waals surface area (Å²) in [4.78, 5) is 9.39. The molecular weight excluding hydrogens is 304 g/mol. The Morgan fingerprint density at radius 3 is 2.20 bits per heavy atom. The van der Waals surface area contributed by atoms with Gasteiger partial charge in [0.05, 0.1) is 0 Å². The molecule has 25 heavy (non-hydrogen) atoms. The zero-order valence-electron chi connectivity index (χ0n) is 16.3. The fourth-order valence-corrected chi connectivity index (χ4v) is 4.40. The summed E-state index contributed by atoms with van der Waals surface area (Å²) in [5.41, 5.74) is 6.71. The van der Waals surface area contributed by atoms with E-state index in [0.717, 1.165) is 30.5 Å². The fourth-order valence-electron chi connectivity index (χ4n) is 4.40. The molecule has 1 heterocycles. The molecule has 1 aromatic carbocycles. The van der Waals surface area contributed by atoms with E-state index in [0.29, 0.717) is 0 Å². The lowest BCUT2D eigenvalue weighted by atomic mass is 9.76. The maximum Gasteiger partial charge on any atom is 0.125 e. The predicted octanol–water partition coefficient (Wildman–Crippen LogP) is 5.56. The van der Waals surface area contributed by atoms with Crippen molar-refractivity contribution in [2.24, 2.45) is 11.8 Å². The molecule has 0 radical (unpaired) electrons. The average molecular weight is 337 g/mol. The minimum Gasteiger partial charge on any atom is -0.238 e. The van der Waals surface area contributed by atoms with Gasteiger partial charge < -0.3 is 0 Å². The molecule has 2 unspecified atom stereocenters. The van der Waals surface area contributed by atoms with Gasteiger partial charge in [-0.05, 0) is 69.4 Å². The molecule has 2 heteroatoms. The van der Waals surface area contributed by atoms with Crippen molar-refractivity contribution in [1.82, 2.24) is 9.97 Å². The second kappa shape index (κ2) is 8.12. The first-order valence-electron chi connectivity index (χ1n) is 9.93. The number of hydrogen-bond donors (Lipinski definition) is 0. The SMILES string of the molecule is CCc1nc(C)nc(CC2CCCC(Cc3ccc(C)cc3)C2)c1C. The summed E-state index contributed by atoms with van der Waals surface area (Å²) >= 11 is 0. The minimum atomic E-state index is 0.780. The molecular formula is C23H32N2. The zero-order valence-corrected chi connectivity index (χ0v) is 16.3. The van der Waals surface area contributed by atoms with Crippen molar-refractivity contribution in [3.05, 3.63) is 58.2 Å². The average Bonchev–Trinajstić information content (AvgIpc) is 2.60. The maximum absolute atomic E-state index is 4.78. The summed E-state index contributed by atoms with van der Waals surface area (Å²) in [5, 5.41) is 0. The molecule has 3 rings (SSSR count). The van der Waals surface area contributed by atoms with Gasteiger partial charge in [0.15, 0.2) is 0 Å². The molecule has 0 amide bonds.